The van der Waals surface area contributed by atoms with E-state index in [-0.39, 0.29) is 12.3 Å². The first kappa shape index (κ1) is 30.2. The number of rotatable bonds is 19. The van der Waals surface area contributed by atoms with Crippen LogP contribution in [0.15, 0.2) is 18.2 Å². The van der Waals surface area contributed by atoms with Crippen molar-refractivity contribution in [3.05, 3.63) is 23.8 Å². The van der Waals surface area contributed by atoms with E-state index in [0.29, 0.717) is 50.2 Å². The van der Waals surface area contributed by atoms with Crippen LogP contribution >= 0.6 is 0 Å². The SMILES string of the molecule is COCCCOc1cc(CC(CC(N)C(O)CC(C)C(=O)O)C(C)C)ccc1OCCCCN. The van der Waals surface area contributed by atoms with Gasteiger partial charge in [-0.2, -0.15) is 0 Å². The van der Waals surface area contributed by atoms with Gasteiger partial charge < -0.3 is 35.9 Å². The van der Waals surface area contributed by atoms with Crippen molar-refractivity contribution in [1.82, 2.24) is 0 Å². The molecular weight excluding hydrogens is 436 g/mol. The smallest absolute Gasteiger partial charge is 0.306 e. The van der Waals surface area contributed by atoms with E-state index in [1.807, 2.05) is 18.2 Å². The van der Waals surface area contributed by atoms with Crippen molar-refractivity contribution in [2.75, 3.05) is 33.5 Å². The number of carboxylic acids is 1. The number of nitrogens with two attached hydrogens (primary N) is 2. The van der Waals surface area contributed by atoms with Gasteiger partial charge in [0.2, 0.25) is 0 Å². The molecule has 0 spiro atoms. The molecule has 1 rings (SSSR count). The molecule has 0 heterocycles. The minimum absolute atomic E-state index is 0.150. The van der Waals surface area contributed by atoms with E-state index < -0.39 is 24.0 Å². The molecule has 196 valence electrons. The number of aliphatic hydroxyl groups is 1. The number of benzene rings is 1. The lowest BCUT2D eigenvalue weighted by Crippen LogP contribution is -2.39. The second-order valence-corrected chi connectivity index (χ2v) is 9.47. The van der Waals surface area contributed by atoms with Crippen molar-refractivity contribution in [3.63, 3.8) is 0 Å². The molecule has 8 heteroatoms. The summed E-state index contributed by atoms with van der Waals surface area (Å²) in [6.07, 6.45) is 3.25. The molecule has 0 bridgehead atoms. The Morgan fingerprint density at radius 1 is 1.00 bits per heavy atom. The van der Waals surface area contributed by atoms with Crippen LogP contribution in [0.4, 0.5) is 0 Å². The number of methoxy groups -OCH3 is 1. The molecule has 34 heavy (non-hydrogen) atoms. The van der Waals surface area contributed by atoms with Crippen LogP contribution in [0.1, 0.15) is 58.4 Å². The molecular formula is C26H46N2O6. The third-order valence-electron chi connectivity index (χ3n) is 6.14. The number of ether oxygens (including phenoxy) is 3. The third kappa shape index (κ3) is 11.5. The summed E-state index contributed by atoms with van der Waals surface area (Å²) in [5.41, 5.74) is 13.0. The number of aliphatic carboxylic acids is 1. The van der Waals surface area contributed by atoms with Gasteiger partial charge in [0.05, 0.1) is 25.2 Å². The van der Waals surface area contributed by atoms with E-state index in [1.54, 1.807) is 14.0 Å². The van der Waals surface area contributed by atoms with Crippen molar-refractivity contribution in [2.45, 2.75) is 71.4 Å². The summed E-state index contributed by atoms with van der Waals surface area (Å²) in [6, 6.07) is 5.53. The predicted molar refractivity (Wildman–Crippen MR) is 134 cm³/mol. The maximum Gasteiger partial charge on any atom is 0.306 e. The van der Waals surface area contributed by atoms with Gasteiger partial charge in [-0.1, -0.05) is 26.8 Å². The highest BCUT2D eigenvalue weighted by molar-refractivity contribution is 5.69. The van der Waals surface area contributed by atoms with Crippen LogP contribution in [0.5, 0.6) is 11.5 Å². The van der Waals surface area contributed by atoms with E-state index in [1.165, 1.54) is 0 Å². The highest BCUT2D eigenvalue weighted by Gasteiger charge is 2.26. The van der Waals surface area contributed by atoms with Gasteiger partial charge in [-0.15, -0.1) is 0 Å². The summed E-state index contributed by atoms with van der Waals surface area (Å²) in [7, 11) is 1.67. The van der Waals surface area contributed by atoms with Crippen LogP contribution in [-0.2, 0) is 16.0 Å². The fraction of sp³-hybridized carbons (Fsp3) is 0.731. The fourth-order valence-corrected chi connectivity index (χ4v) is 3.76. The molecule has 1 aromatic carbocycles. The average molecular weight is 483 g/mol. The Balaban J connectivity index is 2.88. The van der Waals surface area contributed by atoms with Gasteiger partial charge in [-0.05, 0) is 68.2 Å². The van der Waals surface area contributed by atoms with E-state index in [2.05, 4.69) is 13.8 Å². The monoisotopic (exact) mass is 482 g/mol. The van der Waals surface area contributed by atoms with Crippen molar-refractivity contribution < 1.29 is 29.2 Å². The van der Waals surface area contributed by atoms with Gasteiger partial charge in [0.15, 0.2) is 11.5 Å². The van der Waals surface area contributed by atoms with Crippen molar-refractivity contribution in [1.29, 1.82) is 0 Å². The molecule has 0 aliphatic rings. The number of carboxylic acid groups (broad SMARTS) is 1. The molecule has 8 nitrogen and oxygen atoms in total. The van der Waals surface area contributed by atoms with Crippen molar-refractivity contribution in [3.8, 4) is 11.5 Å². The van der Waals surface area contributed by atoms with E-state index in [9.17, 15) is 9.90 Å². The van der Waals surface area contributed by atoms with E-state index in [0.717, 1.165) is 31.2 Å². The van der Waals surface area contributed by atoms with Gasteiger partial charge in [0.25, 0.3) is 0 Å². The predicted octanol–water partition coefficient (Wildman–Crippen LogP) is 3.22. The number of unbranched alkanes of at least 4 members (excludes halogenated alkanes) is 1. The summed E-state index contributed by atoms with van der Waals surface area (Å²) < 4.78 is 17.1. The maximum absolute atomic E-state index is 11.1. The van der Waals surface area contributed by atoms with E-state index >= 15 is 0 Å². The fourth-order valence-electron chi connectivity index (χ4n) is 3.76. The molecule has 0 saturated carbocycles. The van der Waals surface area contributed by atoms with Crippen LogP contribution in [0.2, 0.25) is 0 Å². The highest BCUT2D eigenvalue weighted by Crippen LogP contribution is 2.32. The Bertz CT molecular complexity index is 700. The summed E-state index contributed by atoms with van der Waals surface area (Å²) in [5, 5.41) is 19.5. The molecule has 0 saturated heterocycles. The topological polar surface area (TPSA) is 137 Å². The Morgan fingerprint density at radius 3 is 2.29 bits per heavy atom. The normalized spacial score (nSPS) is 15.1. The molecule has 1 aromatic rings. The first-order valence-electron chi connectivity index (χ1n) is 12.4. The van der Waals surface area contributed by atoms with Gasteiger partial charge in [0, 0.05) is 26.2 Å². The van der Waals surface area contributed by atoms with E-state index in [4.69, 9.17) is 30.8 Å². The molecule has 0 fully saturated rings. The molecule has 4 unspecified atom stereocenters. The summed E-state index contributed by atoms with van der Waals surface area (Å²) in [6.45, 7) is 8.26. The lowest BCUT2D eigenvalue weighted by molar-refractivity contribution is -0.142. The number of carbonyl (C=O) groups is 1. The zero-order valence-electron chi connectivity index (χ0n) is 21.4. The Morgan fingerprint density at radius 2 is 1.68 bits per heavy atom. The van der Waals surface area contributed by atoms with Gasteiger partial charge >= 0.3 is 5.97 Å². The highest BCUT2D eigenvalue weighted by atomic mass is 16.5. The van der Waals surface area contributed by atoms with Crippen molar-refractivity contribution in [2.24, 2.45) is 29.2 Å². The molecule has 6 N–H and O–H groups in total. The molecule has 0 aliphatic carbocycles. The zero-order valence-corrected chi connectivity index (χ0v) is 21.4. The quantitative estimate of drug-likeness (QED) is 0.221. The number of hydrogen-bond donors (Lipinski definition) is 4. The molecule has 0 aromatic heterocycles. The summed E-state index contributed by atoms with van der Waals surface area (Å²) in [4.78, 5) is 11.1. The Labute approximate surface area is 205 Å². The summed E-state index contributed by atoms with van der Waals surface area (Å²) >= 11 is 0. The van der Waals surface area contributed by atoms with Crippen LogP contribution in [-0.4, -0.2) is 61.8 Å². The average Bonchev–Trinajstić information content (AvgIpc) is 2.79. The lowest BCUT2D eigenvalue weighted by atomic mass is 9.82. The molecule has 0 aliphatic heterocycles. The van der Waals surface area contributed by atoms with Crippen LogP contribution in [0.3, 0.4) is 0 Å². The van der Waals surface area contributed by atoms with Gasteiger partial charge in [0.1, 0.15) is 0 Å². The zero-order chi connectivity index (χ0) is 25.5. The van der Waals surface area contributed by atoms with Crippen molar-refractivity contribution >= 4 is 5.97 Å². The number of aliphatic hydroxyl groups excluding tert-OH is 1. The van der Waals surface area contributed by atoms with Gasteiger partial charge in [-0.25, -0.2) is 0 Å². The summed E-state index contributed by atoms with van der Waals surface area (Å²) in [5.74, 6) is 0.442. The van der Waals surface area contributed by atoms with Crippen LogP contribution < -0.4 is 20.9 Å². The third-order valence-corrected chi connectivity index (χ3v) is 6.14. The Kier molecular flexibility index (Phi) is 14.8. The molecule has 4 atom stereocenters. The standard InChI is InChI=1S/C26H46N2O6/c1-18(2)21(17-22(28)23(29)14-19(3)26(30)31)15-20-8-9-24(33-12-6-5-10-27)25(16-20)34-13-7-11-32-4/h8-9,16,18-19,21-23,29H,5-7,10-15,17,27-28H2,1-4H3,(H,30,31). The largest absolute Gasteiger partial charge is 0.490 e. The van der Waals surface area contributed by atoms with Gasteiger partial charge in [-0.3, -0.25) is 4.79 Å². The lowest BCUT2D eigenvalue weighted by Gasteiger charge is -2.28. The number of hydrogen-bond acceptors (Lipinski definition) is 7. The Hall–Kier alpha value is -1.87. The molecule has 0 amide bonds. The molecule has 0 radical (unpaired) electrons. The maximum atomic E-state index is 11.1. The first-order chi connectivity index (χ1) is 16.2. The van der Waals surface area contributed by atoms with Crippen LogP contribution in [0.25, 0.3) is 0 Å². The first-order valence-corrected chi connectivity index (χ1v) is 12.4. The second kappa shape index (κ2) is 16.7. The minimum Gasteiger partial charge on any atom is -0.490 e. The second-order valence-electron chi connectivity index (χ2n) is 9.47. The minimum atomic E-state index is -0.921. The van der Waals surface area contributed by atoms with Crippen LogP contribution in [0, 0.1) is 17.8 Å².